The molecule has 6 heteroatoms. The maximum absolute atomic E-state index is 12.7. The second-order valence-corrected chi connectivity index (χ2v) is 6.77. The van der Waals surface area contributed by atoms with E-state index in [9.17, 15) is 9.59 Å². The first-order valence-corrected chi connectivity index (χ1v) is 9.00. The molecule has 0 saturated carbocycles. The Hall–Kier alpha value is -2.86. The average molecular weight is 366 g/mol. The molecule has 1 saturated heterocycles. The summed E-state index contributed by atoms with van der Waals surface area (Å²) in [5.41, 5.74) is 2.93. The van der Waals surface area contributed by atoms with Crippen molar-refractivity contribution < 1.29 is 14.7 Å². The van der Waals surface area contributed by atoms with Gasteiger partial charge in [-0.25, -0.2) is 9.79 Å². The van der Waals surface area contributed by atoms with Crippen molar-refractivity contribution in [3.05, 3.63) is 70.1 Å². The molecule has 0 spiro atoms. The number of aromatic carboxylic acids is 1. The summed E-state index contributed by atoms with van der Waals surface area (Å²) in [6.07, 6.45) is 1.89. The Morgan fingerprint density at radius 3 is 2.50 bits per heavy atom. The van der Waals surface area contributed by atoms with Crippen LogP contribution in [0.3, 0.4) is 0 Å². The minimum atomic E-state index is -0.978. The number of carboxylic acids is 1. The van der Waals surface area contributed by atoms with Gasteiger partial charge in [-0.1, -0.05) is 24.3 Å². The van der Waals surface area contributed by atoms with Crippen molar-refractivity contribution in [1.29, 1.82) is 0 Å². The molecule has 0 atom stereocenters. The molecule has 26 heavy (non-hydrogen) atoms. The second-order valence-electron chi connectivity index (χ2n) is 5.76. The standard InChI is InChI=1S/C20H18N2O3S/c1-3-22-18(23)17(12-15-7-5-4-6-13(15)2)26-20(22)21-16-10-8-14(9-11-16)19(24)25/h4-12H,3H2,1-2H3,(H,24,25)/b17-12-,21-20?. The molecule has 1 N–H and O–H groups in total. The largest absolute Gasteiger partial charge is 0.478 e. The predicted molar refractivity (Wildman–Crippen MR) is 105 cm³/mol. The molecule has 2 aromatic carbocycles. The molecule has 1 aliphatic rings. The Morgan fingerprint density at radius 2 is 1.88 bits per heavy atom. The Bertz CT molecular complexity index is 917. The lowest BCUT2D eigenvalue weighted by atomic mass is 10.1. The van der Waals surface area contributed by atoms with E-state index in [0.29, 0.717) is 22.3 Å². The van der Waals surface area contributed by atoms with Crippen molar-refractivity contribution in [2.45, 2.75) is 13.8 Å². The number of carbonyl (C=O) groups excluding carboxylic acids is 1. The van der Waals surface area contributed by atoms with Crippen LogP contribution in [-0.2, 0) is 4.79 Å². The van der Waals surface area contributed by atoms with E-state index in [4.69, 9.17) is 5.11 Å². The molecule has 2 aromatic rings. The Balaban J connectivity index is 1.92. The zero-order valence-corrected chi connectivity index (χ0v) is 15.3. The van der Waals surface area contributed by atoms with E-state index in [0.717, 1.165) is 11.1 Å². The van der Waals surface area contributed by atoms with Gasteiger partial charge in [0.15, 0.2) is 5.17 Å². The van der Waals surface area contributed by atoms with E-state index in [2.05, 4.69) is 4.99 Å². The van der Waals surface area contributed by atoms with Gasteiger partial charge < -0.3 is 5.11 Å². The topological polar surface area (TPSA) is 70.0 Å². The third-order valence-corrected chi connectivity index (χ3v) is 5.03. The van der Waals surface area contributed by atoms with Crippen molar-refractivity contribution in [3.63, 3.8) is 0 Å². The number of likely N-dealkylation sites (N-methyl/N-ethyl adjacent to an activating group) is 1. The Morgan fingerprint density at radius 1 is 1.19 bits per heavy atom. The molecule has 3 rings (SSSR count). The second kappa shape index (κ2) is 7.58. The van der Waals surface area contributed by atoms with E-state index in [1.54, 1.807) is 17.0 Å². The van der Waals surface area contributed by atoms with Crippen LogP contribution in [0, 0.1) is 6.92 Å². The van der Waals surface area contributed by atoms with Gasteiger partial charge in [-0.3, -0.25) is 9.69 Å². The molecule has 132 valence electrons. The number of nitrogens with zero attached hydrogens (tertiary/aromatic N) is 2. The molecular weight excluding hydrogens is 348 g/mol. The number of rotatable bonds is 4. The van der Waals surface area contributed by atoms with Gasteiger partial charge in [-0.05, 0) is 67.1 Å². The normalized spacial score (nSPS) is 17.3. The van der Waals surface area contributed by atoms with Crippen molar-refractivity contribution in [1.82, 2.24) is 4.90 Å². The minimum absolute atomic E-state index is 0.0679. The van der Waals surface area contributed by atoms with Crippen molar-refractivity contribution >= 4 is 40.6 Å². The predicted octanol–water partition coefficient (Wildman–Crippen LogP) is 4.32. The van der Waals surface area contributed by atoms with Gasteiger partial charge in [0.05, 0.1) is 16.2 Å². The summed E-state index contributed by atoms with van der Waals surface area (Å²) < 4.78 is 0. The SMILES string of the molecule is CCN1C(=O)/C(=C/c2ccccc2C)SC1=Nc1ccc(C(=O)O)cc1. The van der Waals surface area contributed by atoms with Crippen LogP contribution in [0.2, 0.25) is 0 Å². The fourth-order valence-electron chi connectivity index (χ4n) is 2.55. The van der Waals surface area contributed by atoms with Gasteiger partial charge in [-0.2, -0.15) is 0 Å². The molecule has 0 bridgehead atoms. The van der Waals surface area contributed by atoms with Crippen molar-refractivity contribution in [2.24, 2.45) is 4.99 Å². The molecular formula is C20H18N2O3S. The monoisotopic (exact) mass is 366 g/mol. The number of amides is 1. The van der Waals surface area contributed by atoms with Crippen LogP contribution >= 0.6 is 11.8 Å². The van der Waals surface area contributed by atoms with Crippen LogP contribution in [0.25, 0.3) is 6.08 Å². The van der Waals surface area contributed by atoms with Crippen LogP contribution in [0.15, 0.2) is 58.4 Å². The summed E-state index contributed by atoms with van der Waals surface area (Å²) >= 11 is 1.33. The Kier molecular flexibility index (Phi) is 5.23. The first kappa shape index (κ1) is 17.9. The van der Waals surface area contributed by atoms with Gasteiger partial charge in [-0.15, -0.1) is 0 Å². The molecule has 1 amide bonds. The third kappa shape index (κ3) is 3.70. The van der Waals surface area contributed by atoms with E-state index in [1.807, 2.05) is 44.2 Å². The number of aryl methyl sites for hydroxylation is 1. The van der Waals surface area contributed by atoms with Crippen molar-refractivity contribution in [2.75, 3.05) is 6.54 Å². The first-order valence-electron chi connectivity index (χ1n) is 8.18. The number of carbonyl (C=O) groups is 2. The average Bonchev–Trinajstić information content (AvgIpc) is 2.92. The third-order valence-electron chi connectivity index (χ3n) is 4.02. The maximum atomic E-state index is 12.7. The first-order chi connectivity index (χ1) is 12.5. The van der Waals surface area contributed by atoms with Gasteiger partial charge >= 0.3 is 5.97 Å². The lowest BCUT2D eigenvalue weighted by molar-refractivity contribution is -0.122. The zero-order valence-electron chi connectivity index (χ0n) is 14.5. The number of hydrogen-bond donors (Lipinski definition) is 1. The summed E-state index contributed by atoms with van der Waals surface area (Å²) in [4.78, 5) is 30.4. The van der Waals surface area contributed by atoms with Gasteiger partial charge in [0, 0.05) is 6.54 Å². The van der Waals surface area contributed by atoms with Gasteiger partial charge in [0.1, 0.15) is 0 Å². The quantitative estimate of drug-likeness (QED) is 0.818. The summed E-state index contributed by atoms with van der Waals surface area (Å²) in [7, 11) is 0. The highest BCUT2D eigenvalue weighted by Gasteiger charge is 2.32. The number of thioether (sulfide) groups is 1. The Labute approximate surface area is 156 Å². The summed E-state index contributed by atoms with van der Waals surface area (Å²) in [6, 6.07) is 14.2. The smallest absolute Gasteiger partial charge is 0.335 e. The highest BCUT2D eigenvalue weighted by atomic mass is 32.2. The summed E-state index contributed by atoms with van der Waals surface area (Å²) in [5.74, 6) is -1.05. The van der Waals surface area contributed by atoms with Crippen LogP contribution in [0.5, 0.6) is 0 Å². The van der Waals surface area contributed by atoms with E-state index < -0.39 is 5.97 Å². The van der Waals surface area contributed by atoms with Crippen LogP contribution < -0.4 is 0 Å². The number of hydrogen-bond acceptors (Lipinski definition) is 4. The number of aliphatic imine (C=N–C) groups is 1. The lowest BCUT2D eigenvalue weighted by Gasteiger charge is -2.12. The van der Waals surface area contributed by atoms with E-state index >= 15 is 0 Å². The molecule has 0 radical (unpaired) electrons. The van der Waals surface area contributed by atoms with E-state index in [-0.39, 0.29) is 11.5 Å². The fraction of sp³-hybridized carbons (Fsp3) is 0.150. The number of amidine groups is 1. The maximum Gasteiger partial charge on any atom is 0.335 e. The van der Waals surface area contributed by atoms with Gasteiger partial charge in [0.2, 0.25) is 0 Å². The summed E-state index contributed by atoms with van der Waals surface area (Å²) in [6.45, 7) is 4.42. The molecule has 1 heterocycles. The zero-order chi connectivity index (χ0) is 18.7. The number of benzene rings is 2. The van der Waals surface area contributed by atoms with Crippen LogP contribution in [0.4, 0.5) is 5.69 Å². The van der Waals surface area contributed by atoms with E-state index in [1.165, 1.54) is 23.9 Å². The number of carboxylic acid groups (broad SMARTS) is 1. The fourth-order valence-corrected chi connectivity index (χ4v) is 3.60. The molecule has 0 unspecified atom stereocenters. The lowest BCUT2D eigenvalue weighted by Crippen LogP contribution is -2.28. The minimum Gasteiger partial charge on any atom is -0.478 e. The highest BCUT2D eigenvalue weighted by molar-refractivity contribution is 8.18. The molecule has 1 fully saturated rings. The van der Waals surface area contributed by atoms with Crippen LogP contribution in [0.1, 0.15) is 28.4 Å². The van der Waals surface area contributed by atoms with Crippen molar-refractivity contribution in [3.8, 4) is 0 Å². The summed E-state index contributed by atoms with van der Waals surface area (Å²) in [5, 5.41) is 9.57. The molecule has 0 aromatic heterocycles. The molecule has 0 aliphatic carbocycles. The molecule has 1 aliphatic heterocycles. The highest BCUT2D eigenvalue weighted by Crippen LogP contribution is 2.34. The van der Waals surface area contributed by atoms with Crippen LogP contribution in [-0.4, -0.2) is 33.6 Å². The molecule has 5 nitrogen and oxygen atoms in total. The van der Waals surface area contributed by atoms with Gasteiger partial charge in [0.25, 0.3) is 5.91 Å².